The Bertz CT molecular complexity index is 379. The quantitative estimate of drug-likeness (QED) is 0.887. The Morgan fingerprint density at radius 1 is 1.44 bits per heavy atom. The van der Waals surface area contributed by atoms with E-state index in [0.717, 1.165) is 30.0 Å². The van der Waals surface area contributed by atoms with Crippen LogP contribution in [0.2, 0.25) is 0 Å². The van der Waals surface area contributed by atoms with Crippen LogP contribution in [0.4, 0.5) is 5.69 Å². The number of amides is 1. The number of nitrogens with one attached hydrogen (secondary N) is 1. The van der Waals surface area contributed by atoms with Crippen molar-refractivity contribution >= 4 is 35.8 Å². The van der Waals surface area contributed by atoms with Crippen LogP contribution in [-0.2, 0) is 11.2 Å². The number of thioether (sulfide) groups is 1. The number of rotatable bonds is 3. The zero-order chi connectivity index (χ0) is 12.1. The summed E-state index contributed by atoms with van der Waals surface area (Å²) in [4.78, 5) is 15.9. The third-order valence-electron chi connectivity index (χ3n) is 2.78. The Balaban J connectivity index is 0.00000162. The molecular formula is C12H18ClN3OS. The number of nitrogens with two attached hydrogens (primary N) is 1. The molecule has 2 heterocycles. The van der Waals surface area contributed by atoms with Crippen molar-refractivity contribution in [2.75, 3.05) is 17.2 Å². The van der Waals surface area contributed by atoms with Crippen LogP contribution in [0, 0.1) is 0 Å². The molecular weight excluding hydrogens is 270 g/mol. The van der Waals surface area contributed by atoms with Gasteiger partial charge in [-0.15, -0.1) is 12.4 Å². The number of hydrogen-bond acceptors (Lipinski definition) is 4. The molecule has 100 valence electrons. The van der Waals surface area contributed by atoms with Gasteiger partial charge in [0, 0.05) is 11.7 Å². The van der Waals surface area contributed by atoms with Crippen LogP contribution < -0.4 is 11.1 Å². The molecule has 0 aromatic carbocycles. The average Bonchev–Trinajstić information content (AvgIpc) is 2.33. The molecule has 0 unspecified atom stereocenters. The fourth-order valence-electron chi connectivity index (χ4n) is 1.83. The van der Waals surface area contributed by atoms with Crippen LogP contribution >= 0.6 is 24.2 Å². The first kappa shape index (κ1) is 15.1. The standard InChI is InChI=1S/C12H17N3OS.ClH/c13-9-1-2-11(14-8-9)7-12(16)15-10-3-5-17-6-4-10;/h1-2,8,10H,3-7,13H2,(H,15,16);1H. The van der Waals surface area contributed by atoms with Gasteiger partial charge in [0.15, 0.2) is 0 Å². The van der Waals surface area contributed by atoms with E-state index in [0.29, 0.717) is 18.2 Å². The van der Waals surface area contributed by atoms with Gasteiger partial charge < -0.3 is 11.1 Å². The summed E-state index contributed by atoms with van der Waals surface area (Å²) < 4.78 is 0. The van der Waals surface area contributed by atoms with Gasteiger partial charge >= 0.3 is 0 Å². The van der Waals surface area contributed by atoms with Gasteiger partial charge in [0.2, 0.25) is 5.91 Å². The van der Waals surface area contributed by atoms with Gasteiger partial charge in [-0.05, 0) is 36.5 Å². The highest BCUT2D eigenvalue weighted by Gasteiger charge is 2.16. The van der Waals surface area contributed by atoms with Crippen LogP contribution in [0.25, 0.3) is 0 Å². The average molecular weight is 288 g/mol. The molecule has 1 aromatic heterocycles. The molecule has 1 aliphatic heterocycles. The van der Waals surface area contributed by atoms with Gasteiger partial charge in [-0.1, -0.05) is 0 Å². The van der Waals surface area contributed by atoms with E-state index in [-0.39, 0.29) is 18.3 Å². The van der Waals surface area contributed by atoms with Crippen molar-refractivity contribution in [3.8, 4) is 0 Å². The Hall–Kier alpha value is -0.940. The number of carbonyl (C=O) groups excluding carboxylic acids is 1. The minimum Gasteiger partial charge on any atom is -0.397 e. The monoisotopic (exact) mass is 287 g/mol. The van der Waals surface area contributed by atoms with E-state index in [1.54, 1.807) is 18.3 Å². The molecule has 0 spiro atoms. The highest BCUT2D eigenvalue weighted by molar-refractivity contribution is 7.99. The third kappa shape index (κ3) is 4.74. The van der Waals surface area contributed by atoms with Crippen LogP contribution in [0.3, 0.4) is 0 Å². The zero-order valence-electron chi connectivity index (χ0n) is 10.1. The number of aromatic nitrogens is 1. The molecule has 6 heteroatoms. The minimum absolute atomic E-state index is 0. The van der Waals surface area contributed by atoms with Gasteiger partial charge in [0.25, 0.3) is 0 Å². The van der Waals surface area contributed by atoms with Crippen molar-refractivity contribution in [1.29, 1.82) is 0 Å². The minimum atomic E-state index is 0. The molecule has 4 nitrogen and oxygen atoms in total. The van der Waals surface area contributed by atoms with E-state index in [1.165, 1.54) is 0 Å². The third-order valence-corrected chi connectivity index (χ3v) is 3.82. The maximum absolute atomic E-state index is 11.8. The number of carbonyl (C=O) groups is 1. The molecule has 0 radical (unpaired) electrons. The fourth-order valence-corrected chi connectivity index (χ4v) is 2.93. The summed E-state index contributed by atoms with van der Waals surface area (Å²) in [5, 5.41) is 3.06. The first-order valence-corrected chi connectivity index (χ1v) is 6.97. The van der Waals surface area contributed by atoms with Gasteiger partial charge in [0.05, 0.1) is 18.3 Å². The van der Waals surface area contributed by atoms with E-state index in [9.17, 15) is 4.79 Å². The second-order valence-electron chi connectivity index (χ2n) is 4.21. The zero-order valence-corrected chi connectivity index (χ0v) is 11.7. The molecule has 0 saturated carbocycles. The normalized spacial score (nSPS) is 15.8. The number of nitrogens with zero attached hydrogens (tertiary/aromatic N) is 1. The number of pyridine rings is 1. The molecule has 0 atom stereocenters. The summed E-state index contributed by atoms with van der Waals surface area (Å²) >= 11 is 1.95. The van der Waals surface area contributed by atoms with E-state index in [1.807, 2.05) is 11.8 Å². The summed E-state index contributed by atoms with van der Waals surface area (Å²) in [5.74, 6) is 2.34. The SMILES string of the molecule is Cl.Nc1ccc(CC(=O)NC2CCSCC2)nc1. The summed E-state index contributed by atoms with van der Waals surface area (Å²) in [6.45, 7) is 0. The van der Waals surface area contributed by atoms with Crippen LogP contribution in [-0.4, -0.2) is 28.4 Å². The molecule has 1 aliphatic rings. The summed E-state index contributed by atoms with van der Waals surface area (Å²) in [6, 6.07) is 3.91. The molecule has 1 saturated heterocycles. The Kier molecular flexibility index (Phi) is 6.29. The van der Waals surface area contributed by atoms with Gasteiger partial charge in [-0.3, -0.25) is 9.78 Å². The highest BCUT2D eigenvalue weighted by Crippen LogP contribution is 2.16. The summed E-state index contributed by atoms with van der Waals surface area (Å²) in [6.07, 6.45) is 4.07. The second kappa shape index (κ2) is 7.48. The lowest BCUT2D eigenvalue weighted by Gasteiger charge is -2.22. The number of anilines is 1. The molecule has 1 fully saturated rings. The van der Waals surface area contributed by atoms with Crippen LogP contribution in [0.5, 0.6) is 0 Å². The Morgan fingerprint density at radius 2 is 2.17 bits per heavy atom. The maximum Gasteiger partial charge on any atom is 0.226 e. The van der Waals surface area contributed by atoms with Gasteiger partial charge in [-0.25, -0.2) is 0 Å². The molecule has 18 heavy (non-hydrogen) atoms. The predicted octanol–water partition coefficient (Wildman–Crippen LogP) is 1.64. The van der Waals surface area contributed by atoms with Crippen molar-refractivity contribution in [3.05, 3.63) is 24.0 Å². The molecule has 2 rings (SSSR count). The molecule has 1 amide bonds. The molecule has 0 aliphatic carbocycles. The van der Waals surface area contributed by atoms with Gasteiger partial charge in [-0.2, -0.15) is 11.8 Å². The largest absolute Gasteiger partial charge is 0.397 e. The first-order chi connectivity index (χ1) is 8.24. The molecule has 3 N–H and O–H groups in total. The lowest BCUT2D eigenvalue weighted by Crippen LogP contribution is -2.38. The van der Waals surface area contributed by atoms with Crippen molar-refractivity contribution in [2.24, 2.45) is 0 Å². The number of halogens is 1. The fraction of sp³-hybridized carbons (Fsp3) is 0.500. The number of nitrogen functional groups attached to an aromatic ring is 1. The number of hydrogen-bond donors (Lipinski definition) is 2. The second-order valence-corrected chi connectivity index (χ2v) is 5.44. The highest BCUT2D eigenvalue weighted by atomic mass is 35.5. The van der Waals surface area contributed by atoms with Crippen molar-refractivity contribution in [3.63, 3.8) is 0 Å². The van der Waals surface area contributed by atoms with Crippen molar-refractivity contribution in [2.45, 2.75) is 25.3 Å². The lowest BCUT2D eigenvalue weighted by atomic mass is 10.1. The first-order valence-electron chi connectivity index (χ1n) is 5.81. The van der Waals surface area contributed by atoms with Gasteiger partial charge in [0.1, 0.15) is 0 Å². The van der Waals surface area contributed by atoms with Crippen molar-refractivity contribution < 1.29 is 4.79 Å². The topological polar surface area (TPSA) is 68.0 Å². The molecule has 1 aromatic rings. The van der Waals surface area contributed by atoms with Crippen LogP contribution in [0.1, 0.15) is 18.5 Å². The van der Waals surface area contributed by atoms with Crippen LogP contribution in [0.15, 0.2) is 18.3 Å². The smallest absolute Gasteiger partial charge is 0.226 e. The predicted molar refractivity (Wildman–Crippen MR) is 78.1 cm³/mol. The Labute approximate surface area is 118 Å². The Morgan fingerprint density at radius 3 is 2.78 bits per heavy atom. The van der Waals surface area contributed by atoms with E-state index in [4.69, 9.17) is 5.73 Å². The van der Waals surface area contributed by atoms with E-state index < -0.39 is 0 Å². The lowest BCUT2D eigenvalue weighted by molar-refractivity contribution is -0.121. The maximum atomic E-state index is 11.8. The summed E-state index contributed by atoms with van der Waals surface area (Å²) in [5.41, 5.74) is 6.93. The molecule has 0 bridgehead atoms. The van der Waals surface area contributed by atoms with E-state index in [2.05, 4.69) is 10.3 Å². The summed E-state index contributed by atoms with van der Waals surface area (Å²) in [7, 11) is 0. The van der Waals surface area contributed by atoms with E-state index >= 15 is 0 Å². The van der Waals surface area contributed by atoms with Crippen molar-refractivity contribution in [1.82, 2.24) is 10.3 Å².